The lowest BCUT2D eigenvalue weighted by Crippen LogP contribution is -2.41. The minimum Gasteiger partial charge on any atom is -0.426 e. The first-order chi connectivity index (χ1) is 10.7. The van der Waals surface area contributed by atoms with Crippen LogP contribution in [0.1, 0.15) is 12.0 Å². The Morgan fingerprint density at radius 2 is 2.22 bits per heavy atom. The van der Waals surface area contributed by atoms with E-state index >= 15 is 0 Å². The number of hydrogen-bond donors (Lipinski definition) is 3. The van der Waals surface area contributed by atoms with Crippen LogP contribution in [-0.2, 0) is 9.63 Å². The molecule has 0 saturated heterocycles. The molecular weight excluding hydrogens is 320 g/mol. The summed E-state index contributed by atoms with van der Waals surface area (Å²) in [5.41, 5.74) is 0.603. The zero-order valence-electron chi connectivity index (χ0n) is 11.6. The molecular formula is C12H12BF3N2O5. The zero-order valence-corrected chi connectivity index (χ0v) is 11.6. The Morgan fingerprint density at radius 3 is 2.87 bits per heavy atom. The normalized spacial score (nSPS) is 17.3. The summed E-state index contributed by atoms with van der Waals surface area (Å²) in [6.45, 7) is 0. The molecule has 1 aromatic carbocycles. The van der Waals surface area contributed by atoms with Gasteiger partial charge in [-0.25, -0.2) is 0 Å². The van der Waals surface area contributed by atoms with Crippen molar-refractivity contribution in [1.82, 2.24) is 5.32 Å². The average molecular weight is 332 g/mol. The van der Waals surface area contributed by atoms with E-state index in [4.69, 9.17) is 14.9 Å². The number of carbonyl (C=O) groups excluding carboxylic acids is 1. The predicted octanol–water partition coefficient (Wildman–Crippen LogP) is 0.206. The summed E-state index contributed by atoms with van der Waals surface area (Å²) in [7, 11) is -1.70. The van der Waals surface area contributed by atoms with E-state index in [0.29, 0.717) is 5.56 Å². The molecule has 11 heteroatoms. The smallest absolute Gasteiger partial charge is 0.426 e. The van der Waals surface area contributed by atoms with Crippen molar-refractivity contribution in [2.75, 3.05) is 6.44 Å². The van der Waals surface area contributed by atoms with Gasteiger partial charge in [0.15, 0.2) is 0 Å². The Labute approximate surface area is 128 Å². The van der Waals surface area contributed by atoms with E-state index in [9.17, 15) is 18.0 Å². The standard InChI is InChI=1S/C12H12BF3N2O5/c14-12(15,16)22-8-3-1-2-7(4-8)9-5-10(23-18-9)11(19)17-6-13(20)21/h1-4,10,20-21H,5-6H2,(H,17,19). The Kier molecular flexibility index (Phi) is 5.11. The molecule has 1 amide bonds. The predicted molar refractivity (Wildman–Crippen MR) is 72.4 cm³/mol. The lowest BCUT2D eigenvalue weighted by atomic mass is 9.92. The number of nitrogens with zero attached hydrogens (tertiary/aromatic N) is 1. The van der Waals surface area contributed by atoms with Gasteiger partial charge in [0.1, 0.15) is 5.75 Å². The summed E-state index contributed by atoms with van der Waals surface area (Å²) in [4.78, 5) is 16.6. The summed E-state index contributed by atoms with van der Waals surface area (Å²) in [6, 6.07) is 5.13. The third-order valence-electron chi connectivity index (χ3n) is 2.82. The fourth-order valence-electron chi connectivity index (χ4n) is 1.87. The molecule has 0 fully saturated rings. The van der Waals surface area contributed by atoms with E-state index in [2.05, 4.69) is 15.2 Å². The van der Waals surface area contributed by atoms with E-state index in [1.54, 1.807) is 0 Å². The molecule has 0 aliphatic carbocycles. The van der Waals surface area contributed by atoms with Crippen LogP contribution in [-0.4, -0.2) is 47.7 Å². The SMILES string of the molecule is O=C(NCB(O)O)C1CC(c2cccc(OC(F)(F)F)c2)=NO1. The summed E-state index contributed by atoms with van der Waals surface area (Å²) in [6.07, 6.45) is -6.14. The second-order valence-corrected chi connectivity index (χ2v) is 4.64. The van der Waals surface area contributed by atoms with Crippen molar-refractivity contribution < 1.29 is 37.6 Å². The third-order valence-corrected chi connectivity index (χ3v) is 2.82. The van der Waals surface area contributed by atoms with E-state index < -0.39 is 31.2 Å². The van der Waals surface area contributed by atoms with Crippen molar-refractivity contribution in [3.63, 3.8) is 0 Å². The number of amides is 1. The van der Waals surface area contributed by atoms with Gasteiger partial charge in [0.25, 0.3) is 5.91 Å². The first kappa shape index (κ1) is 17.1. The number of nitrogens with one attached hydrogen (secondary N) is 1. The lowest BCUT2D eigenvalue weighted by molar-refractivity contribution is -0.274. The number of hydrogen-bond acceptors (Lipinski definition) is 6. The fourth-order valence-corrected chi connectivity index (χ4v) is 1.87. The fraction of sp³-hybridized carbons (Fsp3) is 0.333. The van der Waals surface area contributed by atoms with E-state index in [0.717, 1.165) is 12.1 Å². The van der Waals surface area contributed by atoms with Gasteiger partial charge >= 0.3 is 13.5 Å². The van der Waals surface area contributed by atoms with E-state index in [1.807, 2.05) is 0 Å². The second-order valence-electron chi connectivity index (χ2n) is 4.64. The molecule has 0 saturated carbocycles. The highest BCUT2D eigenvalue weighted by atomic mass is 19.4. The monoisotopic (exact) mass is 332 g/mol. The Bertz CT molecular complexity index is 609. The Hall–Kier alpha value is -2.27. The first-order valence-electron chi connectivity index (χ1n) is 6.47. The molecule has 7 nitrogen and oxygen atoms in total. The molecule has 2 rings (SSSR count). The molecule has 0 bridgehead atoms. The second kappa shape index (κ2) is 6.88. The number of oxime groups is 1. The van der Waals surface area contributed by atoms with Crippen molar-refractivity contribution in [2.45, 2.75) is 18.9 Å². The largest absolute Gasteiger partial charge is 0.573 e. The van der Waals surface area contributed by atoms with Gasteiger partial charge in [0, 0.05) is 12.0 Å². The lowest BCUT2D eigenvalue weighted by Gasteiger charge is -2.10. The van der Waals surface area contributed by atoms with Gasteiger partial charge in [-0.3, -0.25) is 4.79 Å². The van der Waals surface area contributed by atoms with Gasteiger partial charge in [0.05, 0.1) is 12.2 Å². The molecule has 0 radical (unpaired) electrons. The number of rotatable bonds is 5. The summed E-state index contributed by atoms with van der Waals surface area (Å²) in [5, 5.41) is 23.2. The minimum absolute atomic E-state index is 0.0306. The van der Waals surface area contributed by atoms with Gasteiger partial charge in [-0.1, -0.05) is 17.3 Å². The van der Waals surface area contributed by atoms with Crippen molar-refractivity contribution in [3.05, 3.63) is 29.8 Å². The molecule has 1 atom stereocenters. The molecule has 23 heavy (non-hydrogen) atoms. The summed E-state index contributed by atoms with van der Waals surface area (Å²) < 4.78 is 40.4. The van der Waals surface area contributed by atoms with Crippen LogP contribution in [0, 0.1) is 0 Å². The van der Waals surface area contributed by atoms with Gasteiger partial charge in [-0.05, 0) is 12.1 Å². The first-order valence-corrected chi connectivity index (χ1v) is 6.47. The molecule has 0 spiro atoms. The molecule has 1 unspecified atom stereocenters. The maximum atomic E-state index is 12.2. The van der Waals surface area contributed by atoms with Crippen LogP contribution in [0.15, 0.2) is 29.4 Å². The van der Waals surface area contributed by atoms with Crippen molar-refractivity contribution in [3.8, 4) is 5.75 Å². The average Bonchev–Trinajstić information content (AvgIpc) is 2.93. The van der Waals surface area contributed by atoms with Crippen molar-refractivity contribution in [1.29, 1.82) is 0 Å². The number of alkyl halides is 3. The van der Waals surface area contributed by atoms with Crippen molar-refractivity contribution in [2.24, 2.45) is 5.16 Å². The molecule has 124 valence electrons. The summed E-state index contributed by atoms with van der Waals surface area (Å²) >= 11 is 0. The Morgan fingerprint density at radius 1 is 1.48 bits per heavy atom. The van der Waals surface area contributed by atoms with Crippen LogP contribution < -0.4 is 10.1 Å². The highest BCUT2D eigenvalue weighted by Crippen LogP contribution is 2.25. The molecule has 1 aliphatic heterocycles. The molecule has 0 aromatic heterocycles. The topological polar surface area (TPSA) is 100 Å². The number of ether oxygens (including phenoxy) is 1. The van der Waals surface area contributed by atoms with E-state index in [-0.39, 0.29) is 18.6 Å². The maximum absolute atomic E-state index is 12.2. The highest BCUT2D eigenvalue weighted by Gasteiger charge is 2.32. The van der Waals surface area contributed by atoms with Crippen LogP contribution in [0.2, 0.25) is 0 Å². The third kappa shape index (κ3) is 5.14. The van der Waals surface area contributed by atoms with Crippen LogP contribution in [0.3, 0.4) is 0 Å². The Balaban J connectivity index is 1.99. The van der Waals surface area contributed by atoms with Gasteiger partial charge in [-0.2, -0.15) is 0 Å². The number of carbonyl (C=O) groups is 1. The molecule has 1 aliphatic rings. The minimum atomic E-state index is -4.81. The quantitative estimate of drug-likeness (QED) is 0.669. The van der Waals surface area contributed by atoms with Crippen LogP contribution >= 0.6 is 0 Å². The number of benzene rings is 1. The maximum Gasteiger partial charge on any atom is 0.573 e. The van der Waals surface area contributed by atoms with Crippen LogP contribution in [0.5, 0.6) is 5.75 Å². The van der Waals surface area contributed by atoms with Crippen molar-refractivity contribution >= 4 is 18.7 Å². The van der Waals surface area contributed by atoms with Crippen LogP contribution in [0.4, 0.5) is 13.2 Å². The number of halogens is 3. The van der Waals surface area contributed by atoms with Gasteiger partial charge in [0.2, 0.25) is 6.10 Å². The van der Waals surface area contributed by atoms with E-state index in [1.165, 1.54) is 12.1 Å². The molecule has 1 aromatic rings. The van der Waals surface area contributed by atoms with Gasteiger partial charge in [-0.15, -0.1) is 13.2 Å². The highest BCUT2D eigenvalue weighted by molar-refractivity contribution is 6.41. The molecule has 1 heterocycles. The van der Waals surface area contributed by atoms with Crippen LogP contribution in [0.25, 0.3) is 0 Å². The zero-order chi connectivity index (χ0) is 17.0. The summed E-state index contributed by atoms with van der Waals surface area (Å²) in [5.74, 6) is -1.02. The molecule has 3 N–H and O–H groups in total. The van der Waals surface area contributed by atoms with Gasteiger partial charge < -0.3 is 24.9 Å².